The lowest BCUT2D eigenvalue weighted by Crippen LogP contribution is -2.44. The summed E-state index contributed by atoms with van der Waals surface area (Å²) in [6.45, 7) is 6.36. The first-order valence-corrected chi connectivity index (χ1v) is 10.5. The minimum Gasteiger partial charge on any atom is -0.444 e. The Hall–Kier alpha value is -2.97. The number of aliphatic hydroxyl groups is 1. The highest BCUT2D eigenvalue weighted by atomic mass is 19.1. The molecular weight excluding hydrogens is 415 g/mol. The fraction of sp³-hybridized carbons (Fsp3) is 0.417. The number of nitrogens with one attached hydrogen (secondary N) is 1. The van der Waals surface area contributed by atoms with Crippen LogP contribution in [-0.4, -0.2) is 53.9 Å². The van der Waals surface area contributed by atoms with Crippen molar-refractivity contribution in [2.75, 3.05) is 26.3 Å². The van der Waals surface area contributed by atoms with Crippen molar-refractivity contribution >= 4 is 12.0 Å². The molecule has 2 aromatic carbocycles. The molecule has 0 unspecified atom stereocenters. The van der Waals surface area contributed by atoms with E-state index in [9.17, 15) is 19.1 Å². The van der Waals surface area contributed by atoms with Gasteiger partial charge in [0.15, 0.2) is 0 Å². The van der Waals surface area contributed by atoms with Gasteiger partial charge in [-0.05, 0) is 56.2 Å². The minimum absolute atomic E-state index is 0.314. The number of carbonyl (C=O) groups is 2. The molecule has 0 bridgehead atoms. The summed E-state index contributed by atoms with van der Waals surface area (Å²) in [4.78, 5) is 26.6. The van der Waals surface area contributed by atoms with Gasteiger partial charge in [0.25, 0.3) is 5.91 Å². The van der Waals surface area contributed by atoms with Crippen molar-refractivity contribution in [1.82, 2.24) is 10.2 Å². The van der Waals surface area contributed by atoms with E-state index in [1.807, 2.05) is 20.8 Å². The lowest BCUT2D eigenvalue weighted by molar-refractivity contribution is -0.0432. The molecule has 32 heavy (non-hydrogen) atoms. The highest BCUT2D eigenvalue weighted by molar-refractivity contribution is 5.94. The van der Waals surface area contributed by atoms with Gasteiger partial charge in [0.05, 0.1) is 25.8 Å². The van der Waals surface area contributed by atoms with Gasteiger partial charge in [0, 0.05) is 12.1 Å². The molecule has 172 valence electrons. The van der Waals surface area contributed by atoms with Gasteiger partial charge in [-0.1, -0.05) is 24.3 Å². The van der Waals surface area contributed by atoms with Crippen LogP contribution in [0.2, 0.25) is 0 Å². The molecule has 1 fully saturated rings. The van der Waals surface area contributed by atoms with Gasteiger partial charge in [-0.25, -0.2) is 9.18 Å². The van der Waals surface area contributed by atoms with E-state index in [0.717, 1.165) is 5.56 Å². The van der Waals surface area contributed by atoms with Crippen molar-refractivity contribution < 1.29 is 28.6 Å². The van der Waals surface area contributed by atoms with Gasteiger partial charge in [0.2, 0.25) is 0 Å². The van der Waals surface area contributed by atoms with Crippen molar-refractivity contribution in [1.29, 1.82) is 0 Å². The minimum atomic E-state index is -0.646. The normalized spacial score (nSPS) is 17.5. The molecule has 1 aliphatic heterocycles. The standard InChI is InChI=1S/C24H29FN2O5/c1-24(2,3)32-23(30)27-12-13-31-21(14-27)17-4-6-18(7-5-17)22(29)26-20(15-28)16-8-10-19(25)11-9-16/h4-11,20-21,28H,12-15H2,1-3H3,(H,26,29)/t20-,21+/m0/s1. The summed E-state index contributed by atoms with van der Waals surface area (Å²) in [5, 5.41) is 12.4. The van der Waals surface area contributed by atoms with Crippen LogP contribution in [0.15, 0.2) is 48.5 Å². The van der Waals surface area contributed by atoms with Gasteiger partial charge in [0.1, 0.15) is 17.5 Å². The molecule has 1 heterocycles. The fourth-order valence-corrected chi connectivity index (χ4v) is 3.36. The molecule has 8 heteroatoms. The molecule has 2 amide bonds. The quantitative estimate of drug-likeness (QED) is 0.736. The third-order valence-corrected chi connectivity index (χ3v) is 5.02. The molecule has 0 aromatic heterocycles. The van der Waals surface area contributed by atoms with E-state index < -0.39 is 11.6 Å². The van der Waals surface area contributed by atoms with Crippen molar-refractivity contribution in [2.45, 2.75) is 38.5 Å². The summed E-state index contributed by atoms with van der Waals surface area (Å²) in [7, 11) is 0. The molecule has 2 atom stereocenters. The summed E-state index contributed by atoms with van der Waals surface area (Å²) < 4.78 is 24.4. The largest absolute Gasteiger partial charge is 0.444 e. The molecule has 7 nitrogen and oxygen atoms in total. The zero-order chi connectivity index (χ0) is 23.3. The number of halogens is 1. The summed E-state index contributed by atoms with van der Waals surface area (Å²) in [6, 6.07) is 11.9. The van der Waals surface area contributed by atoms with E-state index in [2.05, 4.69) is 5.32 Å². The maximum atomic E-state index is 13.1. The molecule has 2 N–H and O–H groups in total. The van der Waals surface area contributed by atoms with Crippen molar-refractivity contribution in [2.24, 2.45) is 0 Å². The second-order valence-corrected chi connectivity index (χ2v) is 8.67. The van der Waals surface area contributed by atoms with E-state index in [-0.39, 0.29) is 30.5 Å². The van der Waals surface area contributed by atoms with Gasteiger partial charge in [-0.15, -0.1) is 0 Å². The topological polar surface area (TPSA) is 88.1 Å². The van der Waals surface area contributed by atoms with E-state index >= 15 is 0 Å². The van der Waals surface area contributed by atoms with Crippen LogP contribution in [0.3, 0.4) is 0 Å². The van der Waals surface area contributed by atoms with Crippen LogP contribution in [0.4, 0.5) is 9.18 Å². The van der Waals surface area contributed by atoms with Gasteiger partial charge >= 0.3 is 6.09 Å². The molecule has 0 spiro atoms. The average Bonchev–Trinajstić information content (AvgIpc) is 2.77. The van der Waals surface area contributed by atoms with Crippen LogP contribution >= 0.6 is 0 Å². The second kappa shape index (κ2) is 10.1. The summed E-state index contributed by atoms with van der Waals surface area (Å²) in [6.07, 6.45) is -0.699. The number of aliphatic hydroxyl groups excluding tert-OH is 1. The Balaban J connectivity index is 1.63. The number of nitrogens with zero attached hydrogens (tertiary/aromatic N) is 1. The summed E-state index contributed by atoms with van der Waals surface area (Å²) in [5.74, 6) is -0.748. The second-order valence-electron chi connectivity index (χ2n) is 8.67. The highest BCUT2D eigenvalue weighted by Gasteiger charge is 2.29. The summed E-state index contributed by atoms with van der Waals surface area (Å²) >= 11 is 0. The monoisotopic (exact) mass is 444 g/mol. The zero-order valence-electron chi connectivity index (χ0n) is 18.5. The van der Waals surface area contributed by atoms with E-state index in [1.54, 1.807) is 29.2 Å². The molecule has 3 rings (SSSR count). The summed E-state index contributed by atoms with van der Waals surface area (Å²) in [5.41, 5.74) is 1.29. The number of amides is 2. The third kappa shape index (κ3) is 6.27. The highest BCUT2D eigenvalue weighted by Crippen LogP contribution is 2.24. The first kappa shape index (κ1) is 23.7. The molecular formula is C24H29FN2O5. The number of morpholine rings is 1. The number of ether oxygens (including phenoxy) is 2. The molecule has 0 aliphatic carbocycles. The van der Waals surface area contributed by atoms with Crippen molar-refractivity contribution in [3.05, 3.63) is 71.0 Å². The molecule has 0 saturated carbocycles. The van der Waals surface area contributed by atoms with E-state index in [1.165, 1.54) is 24.3 Å². The Morgan fingerprint density at radius 3 is 2.44 bits per heavy atom. The number of benzene rings is 2. The number of hydrogen-bond acceptors (Lipinski definition) is 5. The SMILES string of the molecule is CC(C)(C)OC(=O)N1CCO[C@@H](c2ccc(C(=O)N[C@@H](CO)c3ccc(F)cc3)cc2)C1. The van der Waals surface area contributed by atoms with Crippen molar-refractivity contribution in [3.63, 3.8) is 0 Å². The third-order valence-electron chi connectivity index (χ3n) is 5.02. The van der Waals surface area contributed by atoms with Crippen LogP contribution < -0.4 is 5.32 Å². The average molecular weight is 445 g/mol. The van der Waals surface area contributed by atoms with E-state index in [0.29, 0.717) is 30.8 Å². The fourth-order valence-electron chi connectivity index (χ4n) is 3.36. The maximum Gasteiger partial charge on any atom is 0.410 e. The molecule has 0 radical (unpaired) electrons. The Morgan fingerprint density at radius 2 is 1.84 bits per heavy atom. The van der Waals surface area contributed by atoms with Gasteiger partial charge in [-0.3, -0.25) is 4.79 Å². The molecule has 1 aliphatic rings. The Kier molecular flexibility index (Phi) is 7.48. The van der Waals surface area contributed by atoms with Gasteiger partial charge in [-0.2, -0.15) is 0 Å². The molecule has 1 saturated heterocycles. The lowest BCUT2D eigenvalue weighted by atomic mass is 10.0. The first-order chi connectivity index (χ1) is 15.2. The van der Waals surface area contributed by atoms with Crippen LogP contribution in [0, 0.1) is 5.82 Å². The Bertz CT molecular complexity index is 925. The smallest absolute Gasteiger partial charge is 0.410 e. The van der Waals surface area contributed by atoms with Crippen LogP contribution in [-0.2, 0) is 9.47 Å². The number of hydrogen-bond donors (Lipinski definition) is 2. The van der Waals surface area contributed by atoms with Crippen LogP contribution in [0.25, 0.3) is 0 Å². The predicted octanol–water partition coefficient (Wildman–Crippen LogP) is 3.60. The van der Waals surface area contributed by atoms with E-state index in [4.69, 9.17) is 9.47 Å². The van der Waals surface area contributed by atoms with Crippen LogP contribution in [0.1, 0.15) is 54.4 Å². The first-order valence-electron chi connectivity index (χ1n) is 10.5. The maximum absolute atomic E-state index is 13.1. The predicted molar refractivity (Wildman–Crippen MR) is 117 cm³/mol. The van der Waals surface area contributed by atoms with Crippen molar-refractivity contribution in [3.8, 4) is 0 Å². The Labute approximate surface area is 187 Å². The molecule has 2 aromatic rings. The zero-order valence-corrected chi connectivity index (χ0v) is 18.5. The lowest BCUT2D eigenvalue weighted by Gasteiger charge is -2.34. The van der Waals surface area contributed by atoms with Gasteiger partial charge < -0.3 is 24.8 Å². The number of rotatable bonds is 5. The number of carbonyl (C=O) groups excluding carboxylic acids is 2. The Morgan fingerprint density at radius 1 is 1.19 bits per heavy atom. The van der Waals surface area contributed by atoms with Crippen LogP contribution in [0.5, 0.6) is 0 Å².